The third-order valence-corrected chi connectivity index (χ3v) is 3.68. The lowest BCUT2D eigenvalue weighted by atomic mass is 10.1. The van der Waals surface area contributed by atoms with Crippen molar-refractivity contribution in [3.8, 4) is 0 Å². The molecule has 0 aliphatic carbocycles. The molecule has 0 unspecified atom stereocenters. The molecule has 20 heavy (non-hydrogen) atoms. The Balaban J connectivity index is 1.66. The van der Waals surface area contributed by atoms with Crippen LogP contribution in [0.5, 0.6) is 0 Å². The van der Waals surface area contributed by atoms with Gasteiger partial charge in [0.2, 0.25) is 0 Å². The lowest BCUT2D eigenvalue weighted by molar-refractivity contribution is 0.225. The molecule has 1 aliphatic heterocycles. The van der Waals surface area contributed by atoms with E-state index in [2.05, 4.69) is 10.2 Å². The van der Waals surface area contributed by atoms with E-state index in [1.807, 2.05) is 0 Å². The van der Waals surface area contributed by atoms with Gasteiger partial charge in [-0.05, 0) is 51.5 Å². The standard InChI is InChI=1S/C15H21F3N2/c16-13-10-15(18)14(17)9-12(13)11-19-5-4-8-20-6-2-1-3-7-20/h9-10,19H,1-8,11H2. The van der Waals surface area contributed by atoms with E-state index in [4.69, 9.17) is 0 Å². The van der Waals surface area contributed by atoms with Gasteiger partial charge in [0.05, 0.1) is 0 Å². The SMILES string of the molecule is Fc1cc(F)c(CNCCCN2CCCCC2)cc1F. The summed E-state index contributed by atoms with van der Waals surface area (Å²) in [5.74, 6) is -2.85. The molecule has 5 heteroatoms. The second-order valence-electron chi connectivity index (χ2n) is 5.29. The van der Waals surface area contributed by atoms with Crippen LogP contribution < -0.4 is 5.32 Å². The summed E-state index contributed by atoms with van der Waals surface area (Å²) in [6.07, 6.45) is 4.84. The van der Waals surface area contributed by atoms with Crippen LogP contribution in [0.2, 0.25) is 0 Å². The minimum atomic E-state index is -1.14. The highest BCUT2D eigenvalue weighted by Crippen LogP contribution is 2.13. The molecule has 1 aromatic carbocycles. The fraction of sp³-hybridized carbons (Fsp3) is 0.600. The normalized spacial score (nSPS) is 16.6. The molecule has 0 radical (unpaired) electrons. The van der Waals surface area contributed by atoms with E-state index in [0.29, 0.717) is 6.07 Å². The second-order valence-corrected chi connectivity index (χ2v) is 5.29. The highest BCUT2D eigenvalue weighted by molar-refractivity contribution is 5.19. The van der Waals surface area contributed by atoms with Crippen LogP contribution in [0.15, 0.2) is 12.1 Å². The minimum Gasteiger partial charge on any atom is -0.313 e. The molecule has 0 atom stereocenters. The highest BCUT2D eigenvalue weighted by atomic mass is 19.2. The first-order chi connectivity index (χ1) is 9.66. The van der Waals surface area contributed by atoms with Crippen molar-refractivity contribution in [3.63, 3.8) is 0 Å². The molecule has 1 N–H and O–H groups in total. The van der Waals surface area contributed by atoms with Gasteiger partial charge in [0.25, 0.3) is 0 Å². The van der Waals surface area contributed by atoms with E-state index >= 15 is 0 Å². The largest absolute Gasteiger partial charge is 0.313 e. The smallest absolute Gasteiger partial charge is 0.161 e. The number of hydrogen-bond acceptors (Lipinski definition) is 2. The zero-order valence-electron chi connectivity index (χ0n) is 11.6. The minimum absolute atomic E-state index is 0.168. The van der Waals surface area contributed by atoms with Crippen molar-refractivity contribution in [2.75, 3.05) is 26.2 Å². The van der Waals surface area contributed by atoms with Gasteiger partial charge in [0, 0.05) is 18.2 Å². The molecular weight excluding hydrogens is 265 g/mol. The maximum Gasteiger partial charge on any atom is 0.161 e. The number of piperidine rings is 1. The second kappa shape index (κ2) is 7.64. The fourth-order valence-electron chi connectivity index (χ4n) is 2.53. The van der Waals surface area contributed by atoms with Gasteiger partial charge in [0.1, 0.15) is 5.82 Å². The number of benzene rings is 1. The molecule has 0 aromatic heterocycles. The molecular formula is C15H21F3N2. The molecule has 0 amide bonds. The number of hydrogen-bond donors (Lipinski definition) is 1. The molecule has 1 aromatic rings. The summed E-state index contributed by atoms with van der Waals surface area (Å²) < 4.78 is 39.1. The third-order valence-electron chi connectivity index (χ3n) is 3.68. The lowest BCUT2D eigenvalue weighted by Crippen LogP contribution is -2.32. The number of halogens is 3. The van der Waals surface area contributed by atoms with Crippen LogP contribution in [0, 0.1) is 17.5 Å². The quantitative estimate of drug-likeness (QED) is 0.638. The van der Waals surface area contributed by atoms with E-state index in [1.165, 1.54) is 19.3 Å². The topological polar surface area (TPSA) is 15.3 Å². The maximum atomic E-state index is 13.4. The highest BCUT2D eigenvalue weighted by Gasteiger charge is 2.10. The summed E-state index contributed by atoms with van der Waals surface area (Å²) in [5, 5.41) is 3.07. The van der Waals surface area contributed by atoms with Crippen molar-refractivity contribution in [3.05, 3.63) is 35.1 Å². The average Bonchev–Trinajstić information content (AvgIpc) is 2.45. The third kappa shape index (κ3) is 4.49. The Hall–Kier alpha value is -1.07. The molecule has 1 saturated heterocycles. The average molecular weight is 286 g/mol. The van der Waals surface area contributed by atoms with Gasteiger partial charge in [-0.15, -0.1) is 0 Å². The molecule has 0 bridgehead atoms. The molecule has 112 valence electrons. The molecule has 1 heterocycles. The van der Waals surface area contributed by atoms with Crippen molar-refractivity contribution in [2.24, 2.45) is 0 Å². The summed E-state index contributed by atoms with van der Waals surface area (Å²) in [5.41, 5.74) is 0.168. The van der Waals surface area contributed by atoms with Crippen LogP contribution in [0.25, 0.3) is 0 Å². The first-order valence-corrected chi connectivity index (χ1v) is 7.23. The van der Waals surface area contributed by atoms with Gasteiger partial charge < -0.3 is 10.2 Å². The van der Waals surface area contributed by atoms with Crippen molar-refractivity contribution < 1.29 is 13.2 Å². The Morgan fingerprint density at radius 1 is 0.950 bits per heavy atom. The molecule has 1 aliphatic rings. The van der Waals surface area contributed by atoms with Gasteiger partial charge in [-0.3, -0.25) is 0 Å². The summed E-state index contributed by atoms with van der Waals surface area (Å²) >= 11 is 0. The van der Waals surface area contributed by atoms with Gasteiger partial charge in [-0.25, -0.2) is 13.2 Å². The monoisotopic (exact) mass is 286 g/mol. The summed E-state index contributed by atoms with van der Waals surface area (Å²) in [4.78, 5) is 2.43. The number of nitrogens with one attached hydrogen (secondary N) is 1. The van der Waals surface area contributed by atoms with Crippen LogP contribution in [0.4, 0.5) is 13.2 Å². The van der Waals surface area contributed by atoms with Gasteiger partial charge in [-0.2, -0.15) is 0 Å². The van der Waals surface area contributed by atoms with Gasteiger partial charge >= 0.3 is 0 Å². The Morgan fingerprint density at radius 3 is 2.40 bits per heavy atom. The van der Waals surface area contributed by atoms with Crippen LogP contribution in [-0.2, 0) is 6.54 Å². The molecule has 0 saturated carbocycles. The van der Waals surface area contributed by atoms with E-state index in [1.54, 1.807) is 0 Å². The molecule has 2 nitrogen and oxygen atoms in total. The van der Waals surface area contributed by atoms with Crippen LogP contribution in [0.3, 0.4) is 0 Å². The van der Waals surface area contributed by atoms with Gasteiger partial charge in [-0.1, -0.05) is 6.42 Å². The Morgan fingerprint density at radius 2 is 1.65 bits per heavy atom. The first-order valence-electron chi connectivity index (χ1n) is 7.23. The van der Waals surface area contributed by atoms with Crippen LogP contribution >= 0.6 is 0 Å². The number of rotatable bonds is 6. The van der Waals surface area contributed by atoms with E-state index in [-0.39, 0.29) is 12.1 Å². The Kier molecular flexibility index (Phi) is 5.86. The van der Waals surface area contributed by atoms with Crippen molar-refractivity contribution >= 4 is 0 Å². The fourth-order valence-corrected chi connectivity index (χ4v) is 2.53. The molecule has 0 spiro atoms. The van der Waals surface area contributed by atoms with E-state index in [9.17, 15) is 13.2 Å². The zero-order valence-corrected chi connectivity index (χ0v) is 11.6. The zero-order chi connectivity index (χ0) is 14.4. The lowest BCUT2D eigenvalue weighted by Gasteiger charge is -2.26. The van der Waals surface area contributed by atoms with Crippen molar-refractivity contribution in [2.45, 2.75) is 32.2 Å². The van der Waals surface area contributed by atoms with Crippen LogP contribution in [0.1, 0.15) is 31.2 Å². The first kappa shape index (κ1) is 15.3. The summed E-state index contributed by atoms with van der Waals surface area (Å²) in [7, 11) is 0. The maximum absolute atomic E-state index is 13.4. The Bertz CT molecular complexity index is 431. The van der Waals surface area contributed by atoms with Crippen LogP contribution in [-0.4, -0.2) is 31.1 Å². The molecule has 1 fully saturated rings. The Labute approximate surface area is 118 Å². The van der Waals surface area contributed by atoms with Crippen molar-refractivity contribution in [1.29, 1.82) is 0 Å². The predicted molar refractivity (Wildman–Crippen MR) is 72.9 cm³/mol. The molecule has 2 rings (SSSR count). The van der Waals surface area contributed by atoms with E-state index < -0.39 is 17.5 Å². The number of likely N-dealkylation sites (tertiary alicyclic amines) is 1. The van der Waals surface area contributed by atoms with Gasteiger partial charge in [0.15, 0.2) is 11.6 Å². The summed E-state index contributed by atoms with van der Waals surface area (Å²) in [6.45, 7) is 4.33. The van der Waals surface area contributed by atoms with E-state index in [0.717, 1.165) is 38.7 Å². The predicted octanol–water partition coefficient (Wildman–Crippen LogP) is 3.07. The number of nitrogens with zero attached hydrogens (tertiary/aromatic N) is 1. The summed E-state index contributed by atoms with van der Waals surface area (Å²) in [6, 6.07) is 1.52. The van der Waals surface area contributed by atoms with Crippen molar-refractivity contribution in [1.82, 2.24) is 10.2 Å².